The maximum Gasteiger partial charge on any atom is 0.00641 e. The Bertz CT molecular complexity index is 344. The molecule has 0 aliphatic carbocycles. The van der Waals surface area contributed by atoms with Gasteiger partial charge in [-0.05, 0) is 64.3 Å². The lowest BCUT2D eigenvalue weighted by Gasteiger charge is -2.18. The molecule has 2 atom stereocenters. The molecule has 0 aromatic carbocycles. The van der Waals surface area contributed by atoms with Gasteiger partial charge >= 0.3 is 0 Å². The monoisotopic (exact) mass is 391 g/mol. The van der Waals surface area contributed by atoms with Gasteiger partial charge in [0.2, 0.25) is 0 Å². The fourth-order valence-electron chi connectivity index (χ4n) is 3.82. The second-order valence-corrected chi connectivity index (χ2v) is 8.83. The van der Waals surface area contributed by atoms with E-state index in [1.54, 1.807) is 0 Å². The van der Waals surface area contributed by atoms with Gasteiger partial charge in [0.25, 0.3) is 0 Å². The molecule has 0 rings (SSSR count). The van der Waals surface area contributed by atoms with Crippen molar-refractivity contribution in [3.05, 3.63) is 24.3 Å². The minimum absolute atomic E-state index is 0.738. The minimum atomic E-state index is 0.738. The average Bonchev–Trinajstić information content (AvgIpc) is 2.71. The third-order valence-electron chi connectivity index (χ3n) is 5.97. The van der Waals surface area contributed by atoms with Gasteiger partial charge in [-0.3, -0.25) is 0 Å². The van der Waals surface area contributed by atoms with E-state index in [1.807, 2.05) is 0 Å². The molecule has 0 aliphatic rings. The fourth-order valence-corrected chi connectivity index (χ4v) is 3.82. The Morgan fingerprint density at radius 2 is 1.21 bits per heavy atom. The topological polar surface area (TPSA) is 12.0 Å². The molecule has 1 nitrogen and oxygen atoms in total. The van der Waals surface area contributed by atoms with E-state index in [1.165, 1.54) is 103 Å². The zero-order valence-corrected chi connectivity index (χ0v) is 20.0. The molecule has 0 heterocycles. The number of rotatable bonds is 21. The van der Waals surface area contributed by atoms with Crippen molar-refractivity contribution in [1.29, 1.82) is 0 Å². The Balaban J connectivity index is 3.45. The largest absolute Gasteiger partial charge is 0.317 e. The van der Waals surface area contributed by atoms with Gasteiger partial charge in [0.1, 0.15) is 0 Å². The SMILES string of the molecule is CCCCCC=CCC=CCCCCCCCC(CCC(C)CCCC)NC. The molecule has 0 saturated heterocycles. The van der Waals surface area contributed by atoms with Crippen molar-refractivity contribution in [3.63, 3.8) is 0 Å². The molecule has 2 unspecified atom stereocenters. The lowest BCUT2D eigenvalue weighted by molar-refractivity contribution is 0.387. The maximum atomic E-state index is 3.55. The van der Waals surface area contributed by atoms with E-state index >= 15 is 0 Å². The van der Waals surface area contributed by atoms with Gasteiger partial charge in [0.05, 0.1) is 0 Å². The van der Waals surface area contributed by atoms with Crippen LogP contribution in [-0.4, -0.2) is 13.1 Å². The number of nitrogens with one attached hydrogen (secondary N) is 1. The van der Waals surface area contributed by atoms with Crippen molar-refractivity contribution < 1.29 is 0 Å². The summed E-state index contributed by atoms with van der Waals surface area (Å²) in [5.41, 5.74) is 0. The van der Waals surface area contributed by atoms with E-state index in [-0.39, 0.29) is 0 Å². The predicted molar refractivity (Wildman–Crippen MR) is 130 cm³/mol. The van der Waals surface area contributed by atoms with Crippen LogP contribution in [0.3, 0.4) is 0 Å². The summed E-state index contributed by atoms with van der Waals surface area (Å²) >= 11 is 0. The van der Waals surface area contributed by atoms with E-state index in [9.17, 15) is 0 Å². The molecule has 1 N–H and O–H groups in total. The van der Waals surface area contributed by atoms with Crippen LogP contribution in [0.25, 0.3) is 0 Å². The summed E-state index contributed by atoms with van der Waals surface area (Å²) in [6.07, 6.45) is 32.3. The van der Waals surface area contributed by atoms with E-state index in [4.69, 9.17) is 0 Å². The molecular formula is C27H53N. The highest BCUT2D eigenvalue weighted by Crippen LogP contribution is 2.18. The summed E-state index contributed by atoms with van der Waals surface area (Å²) in [5.74, 6) is 0.903. The quantitative estimate of drug-likeness (QED) is 0.152. The fraction of sp³-hybridized carbons (Fsp3) is 0.852. The number of hydrogen-bond acceptors (Lipinski definition) is 1. The molecule has 0 aromatic rings. The predicted octanol–water partition coefficient (Wildman–Crippen LogP) is 8.99. The Morgan fingerprint density at radius 1 is 0.607 bits per heavy atom. The van der Waals surface area contributed by atoms with Crippen LogP contribution in [0.2, 0.25) is 0 Å². The molecule has 0 fully saturated rings. The van der Waals surface area contributed by atoms with Gasteiger partial charge in [0.15, 0.2) is 0 Å². The van der Waals surface area contributed by atoms with E-state index in [0.29, 0.717) is 0 Å². The highest BCUT2D eigenvalue weighted by atomic mass is 14.9. The Morgan fingerprint density at radius 3 is 1.86 bits per heavy atom. The first kappa shape index (κ1) is 27.4. The van der Waals surface area contributed by atoms with Crippen LogP contribution < -0.4 is 5.32 Å². The molecule has 0 radical (unpaired) electrons. The van der Waals surface area contributed by atoms with Crippen LogP contribution in [0.15, 0.2) is 24.3 Å². The van der Waals surface area contributed by atoms with Crippen molar-refractivity contribution in [1.82, 2.24) is 5.32 Å². The van der Waals surface area contributed by atoms with Gasteiger partial charge in [-0.25, -0.2) is 0 Å². The van der Waals surface area contributed by atoms with Crippen LogP contribution in [-0.2, 0) is 0 Å². The van der Waals surface area contributed by atoms with Crippen LogP contribution in [0.5, 0.6) is 0 Å². The van der Waals surface area contributed by atoms with Crippen molar-refractivity contribution >= 4 is 0 Å². The normalized spacial score (nSPS) is 14.3. The first-order valence-corrected chi connectivity index (χ1v) is 12.7. The molecule has 0 aliphatic heterocycles. The third-order valence-corrected chi connectivity index (χ3v) is 5.97. The number of unbranched alkanes of at least 4 members (excludes halogenated alkanes) is 9. The standard InChI is InChI=1S/C27H53N/c1-5-7-9-10-11-12-13-14-15-16-17-18-19-20-21-23-27(28-4)25-24-26(3)22-8-6-2/h11-12,14-15,26-28H,5-10,13,16-25H2,1-4H3. The third kappa shape index (κ3) is 20.2. The van der Waals surface area contributed by atoms with Crippen LogP contribution in [0.4, 0.5) is 0 Å². The summed E-state index contributed by atoms with van der Waals surface area (Å²) in [5, 5.41) is 3.55. The van der Waals surface area contributed by atoms with Crippen molar-refractivity contribution in [3.8, 4) is 0 Å². The Labute approximate surface area is 178 Å². The maximum absolute atomic E-state index is 3.55. The zero-order chi connectivity index (χ0) is 20.7. The van der Waals surface area contributed by atoms with Gasteiger partial charge in [-0.2, -0.15) is 0 Å². The van der Waals surface area contributed by atoms with Crippen molar-refractivity contribution in [2.24, 2.45) is 5.92 Å². The van der Waals surface area contributed by atoms with Crippen LogP contribution >= 0.6 is 0 Å². The first-order valence-electron chi connectivity index (χ1n) is 12.7. The van der Waals surface area contributed by atoms with Crippen LogP contribution in [0.1, 0.15) is 130 Å². The summed E-state index contributed by atoms with van der Waals surface area (Å²) in [7, 11) is 2.15. The molecule has 0 bridgehead atoms. The van der Waals surface area contributed by atoms with Crippen molar-refractivity contribution in [2.75, 3.05) is 7.05 Å². The molecular weight excluding hydrogens is 338 g/mol. The summed E-state index contributed by atoms with van der Waals surface area (Å²) in [6.45, 7) is 7.00. The van der Waals surface area contributed by atoms with Crippen molar-refractivity contribution in [2.45, 2.75) is 136 Å². The summed E-state index contributed by atoms with van der Waals surface area (Å²) in [4.78, 5) is 0. The number of hydrogen-bond donors (Lipinski definition) is 1. The second-order valence-electron chi connectivity index (χ2n) is 8.83. The van der Waals surface area contributed by atoms with Gasteiger partial charge < -0.3 is 5.32 Å². The van der Waals surface area contributed by atoms with Gasteiger partial charge in [-0.1, -0.05) is 103 Å². The number of allylic oxidation sites excluding steroid dienone is 4. The van der Waals surface area contributed by atoms with E-state index in [2.05, 4.69) is 57.4 Å². The Kier molecular flexibility index (Phi) is 22.3. The Hall–Kier alpha value is -0.560. The average molecular weight is 392 g/mol. The molecule has 166 valence electrons. The van der Waals surface area contributed by atoms with Crippen LogP contribution in [0, 0.1) is 5.92 Å². The highest BCUT2D eigenvalue weighted by Gasteiger charge is 2.08. The van der Waals surface area contributed by atoms with E-state index in [0.717, 1.165) is 18.4 Å². The van der Waals surface area contributed by atoms with E-state index < -0.39 is 0 Å². The lowest BCUT2D eigenvalue weighted by Crippen LogP contribution is -2.25. The smallest absolute Gasteiger partial charge is 0.00641 e. The van der Waals surface area contributed by atoms with Gasteiger partial charge in [-0.15, -0.1) is 0 Å². The molecule has 0 saturated carbocycles. The molecule has 0 spiro atoms. The molecule has 0 amide bonds. The zero-order valence-electron chi connectivity index (χ0n) is 20.0. The molecule has 28 heavy (non-hydrogen) atoms. The second kappa shape index (κ2) is 22.7. The molecule has 1 heteroatoms. The summed E-state index contributed by atoms with van der Waals surface area (Å²) in [6, 6.07) is 0.738. The molecule has 0 aromatic heterocycles. The van der Waals surface area contributed by atoms with Gasteiger partial charge in [0, 0.05) is 6.04 Å². The highest BCUT2D eigenvalue weighted by molar-refractivity contribution is 4.92. The first-order chi connectivity index (χ1) is 13.7. The minimum Gasteiger partial charge on any atom is -0.317 e. The summed E-state index contributed by atoms with van der Waals surface area (Å²) < 4.78 is 0. The lowest BCUT2D eigenvalue weighted by atomic mass is 9.94.